The lowest BCUT2D eigenvalue weighted by molar-refractivity contribution is -0.0129. The van der Waals surface area contributed by atoms with Crippen molar-refractivity contribution < 1.29 is 8.78 Å². The Hall–Kier alpha value is -1.21. The summed E-state index contributed by atoms with van der Waals surface area (Å²) in [6, 6.07) is 1.90. The zero-order chi connectivity index (χ0) is 11.9. The maximum Gasteiger partial charge on any atom is 0.252 e. The standard InChI is InChI=1S/C11H9ClF2N2/c1-6-7-4-11(13,14)3-2-9(7)16-10(12)8(6)5-15/h2-4H2,1H3. The van der Waals surface area contributed by atoms with Crippen LogP contribution in [0, 0.1) is 18.3 Å². The van der Waals surface area contributed by atoms with E-state index in [0.29, 0.717) is 16.8 Å². The molecule has 0 amide bonds. The van der Waals surface area contributed by atoms with Gasteiger partial charge in [0, 0.05) is 18.5 Å². The molecule has 1 aromatic rings. The third-order valence-electron chi connectivity index (χ3n) is 2.89. The molecule has 0 saturated carbocycles. The maximum absolute atomic E-state index is 13.3. The van der Waals surface area contributed by atoms with Crippen LogP contribution in [0.15, 0.2) is 0 Å². The average Bonchev–Trinajstić information content (AvgIpc) is 2.20. The van der Waals surface area contributed by atoms with Crippen molar-refractivity contribution in [3.63, 3.8) is 0 Å². The third-order valence-corrected chi connectivity index (χ3v) is 3.16. The first-order valence-corrected chi connectivity index (χ1v) is 5.28. The Morgan fingerprint density at radius 3 is 2.81 bits per heavy atom. The number of nitriles is 1. The lowest BCUT2D eigenvalue weighted by atomic mass is 9.88. The Morgan fingerprint density at radius 2 is 2.19 bits per heavy atom. The van der Waals surface area contributed by atoms with E-state index >= 15 is 0 Å². The van der Waals surface area contributed by atoms with Gasteiger partial charge in [-0.2, -0.15) is 5.26 Å². The molecule has 1 aliphatic rings. The van der Waals surface area contributed by atoms with Crippen LogP contribution < -0.4 is 0 Å². The highest BCUT2D eigenvalue weighted by Crippen LogP contribution is 2.35. The van der Waals surface area contributed by atoms with E-state index < -0.39 is 5.92 Å². The molecule has 0 N–H and O–H groups in total. The number of halogens is 3. The molecule has 0 bridgehead atoms. The summed E-state index contributed by atoms with van der Waals surface area (Å²) in [5.41, 5.74) is 1.83. The van der Waals surface area contributed by atoms with Crippen LogP contribution in [0.2, 0.25) is 5.15 Å². The van der Waals surface area contributed by atoms with Gasteiger partial charge in [0.05, 0.1) is 5.56 Å². The predicted octanol–water partition coefficient (Wildman–Crippen LogP) is 3.04. The molecule has 2 rings (SSSR count). The van der Waals surface area contributed by atoms with Gasteiger partial charge in [0.25, 0.3) is 5.92 Å². The van der Waals surface area contributed by atoms with Crippen molar-refractivity contribution in [2.24, 2.45) is 0 Å². The van der Waals surface area contributed by atoms with Gasteiger partial charge in [-0.05, 0) is 24.5 Å². The van der Waals surface area contributed by atoms with Gasteiger partial charge in [-0.25, -0.2) is 13.8 Å². The van der Waals surface area contributed by atoms with E-state index in [1.54, 1.807) is 6.92 Å². The first-order valence-electron chi connectivity index (χ1n) is 4.90. The van der Waals surface area contributed by atoms with Gasteiger partial charge in [0.15, 0.2) is 0 Å². The molecule has 1 aromatic heterocycles. The molecule has 0 unspecified atom stereocenters. The van der Waals surface area contributed by atoms with Crippen LogP contribution in [-0.4, -0.2) is 10.9 Å². The summed E-state index contributed by atoms with van der Waals surface area (Å²) in [5.74, 6) is -2.69. The number of alkyl halides is 2. The zero-order valence-corrected chi connectivity index (χ0v) is 9.41. The summed E-state index contributed by atoms with van der Waals surface area (Å²) in [4.78, 5) is 4.02. The molecule has 0 spiro atoms. The smallest absolute Gasteiger partial charge is 0.239 e. The molecule has 2 nitrogen and oxygen atoms in total. The monoisotopic (exact) mass is 242 g/mol. The summed E-state index contributed by atoms with van der Waals surface area (Å²) < 4.78 is 26.5. The molecular weight excluding hydrogens is 234 g/mol. The van der Waals surface area contributed by atoms with Crippen molar-refractivity contribution in [1.82, 2.24) is 4.98 Å². The van der Waals surface area contributed by atoms with E-state index in [1.807, 2.05) is 6.07 Å². The second-order valence-electron chi connectivity index (χ2n) is 3.97. The second kappa shape index (κ2) is 3.67. The second-order valence-corrected chi connectivity index (χ2v) is 4.33. The quantitative estimate of drug-likeness (QED) is 0.656. The van der Waals surface area contributed by atoms with Crippen LogP contribution in [0.5, 0.6) is 0 Å². The third kappa shape index (κ3) is 1.76. The molecular formula is C11H9ClF2N2. The highest BCUT2D eigenvalue weighted by molar-refractivity contribution is 6.30. The van der Waals surface area contributed by atoms with Gasteiger partial charge in [0.1, 0.15) is 11.2 Å². The minimum absolute atomic E-state index is 0.115. The molecule has 1 heterocycles. The number of aromatic nitrogens is 1. The number of hydrogen-bond donors (Lipinski definition) is 0. The molecule has 0 aromatic carbocycles. The molecule has 84 valence electrons. The fraction of sp³-hybridized carbons (Fsp3) is 0.455. The average molecular weight is 243 g/mol. The van der Waals surface area contributed by atoms with E-state index in [2.05, 4.69) is 4.98 Å². The maximum atomic E-state index is 13.3. The predicted molar refractivity (Wildman–Crippen MR) is 55.7 cm³/mol. The number of rotatable bonds is 0. The Kier molecular flexibility index (Phi) is 2.59. The van der Waals surface area contributed by atoms with E-state index in [1.165, 1.54) is 0 Å². The zero-order valence-electron chi connectivity index (χ0n) is 8.65. The van der Waals surface area contributed by atoms with Crippen molar-refractivity contribution in [1.29, 1.82) is 5.26 Å². The first-order chi connectivity index (χ1) is 7.44. The first kappa shape index (κ1) is 11.3. The van der Waals surface area contributed by atoms with Crippen LogP contribution in [0.3, 0.4) is 0 Å². The van der Waals surface area contributed by atoms with Crippen LogP contribution in [0.25, 0.3) is 0 Å². The highest BCUT2D eigenvalue weighted by Gasteiger charge is 2.36. The minimum Gasteiger partial charge on any atom is -0.239 e. The normalized spacial score (nSPS) is 17.7. The molecule has 1 aliphatic carbocycles. The number of fused-ring (bicyclic) bond motifs is 1. The Morgan fingerprint density at radius 1 is 1.50 bits per heavy atom. The largest absolute Gasteiger partial charge is 0.252 e. The minimum atomic E-state index is -2.69. The molecule has 0 saturated heterocycles. The number of hydrogen-bond acceptors (Lipinski definition) is 2. The van der Waals surface area contributed by atoms with Crippen molar-refractivity contribution in [3.8, 4) is 6.07 Å². The van der Waals surface area contributed by atoms with Gasteiger partial charge in [-0.3, -0.25) is 0 Å². The molecule has 0 radical (unpaired) electrons. The van der Waals surface area contributed by atoms with Gasteiger partial charge in [0.2, 0.25) is 0 Å². The van der Waals surface area contributed by atoms with Gasteiger partial charge >= 0.3 is 0 Å². The summed E-state index contributed by atoms with van der Waals surface area (Å²) in [5, 5.41) is 8.98. The Labute approximate surface area is 96.9 Å². The molecule has 0 aliphatic heterocycles. The molecule has 16 heavy (non-hydrogen) atoms. The van der Waals surface area contributed by atoms with E-state index in [-0.39, 0.29) is 30.0 Å². The molecule has 0 atom stereocenters. The Bertz CT molecular complexity index is 492. The summed E-state index contributed by atoms with van der Waals surface area (Å²) >= 11 is 5.82. The fourth-order valence-corrected chi connectivity index (χ4v) is 2.27. The van der Waals surface area contributed by atoms with Crippen molar-refractivity contribution in [2.45, 2.75) is 32.1 Å². The van der Waals surface area contributed by atoms with Gasteiger partial charge < -0.3 is 0 Å². The summed E-state index contributed by atoms with van der Waals surface area (Å²) in [7, 11) is 0. The van der Waals surface area contributed by atoms with Crippen molar-refractivity contribution in [2.75, 3.05) is 0 Å². The van der Waals surface area contributed by atoms with Gasteiger partial charge in [-0.15, -0.1) is 0 Å². The number of nitrogens with zero attached hydrogens (tertiary/aromatic N) is 2. The lowest BCUT2D eigenvalue weighted by Crippen LogP contribution is -2.27. The Balaban J connectivity index is 2.60. The SMILES string of the molecule is Cc1c(C#N)c(Cl)nc2c1CC(F)(F)CC2. The fourth-order valence-electron chi connectivity index (χ4n) is 1.98. The van der Waals surface area contributed by atoms with Crippen molar-refractivity contribution in [3.05, 3.63) is 27.5 Å². The molecule has 5 heteroatoms. The van der Waals surface area contributed by atoms with Crippen molar-refractivity contribution >= 4 is 11.6 Å². The summed E-state index contributed by atoms with van der Waals surface area (Å²) in [6.45, 7) is 1.65. The van der Waals surface area contributed by atoms with E-state index in [4.69, 9.17) is 16.9 Å². The van der Waals surface area contributed by atoms with E-state index in [9.17, 15) is 8.78 Å². The van der Waals surface area contributed by atoms with Crippen LogP contribution >= 0.6 is 11.6 Å². The lowest BCUT2D eigenvalue weighted by Gasteiger charge is -2.25. The number of pyridine rings is 1. The van der Waals surface area contributed by atoms with Crippen LogP contribution in [-0.2, 0) is 12.8 Å². The topological polar surface area (TPSA) is 36.7 Å². The summed E-state index contributed by atoms with van der Waals surface area (Å²) in [6.07, 6.45) is -0.323. The van der Waals surface area contributed by atoms with Crippen LogP contribution in [0.1, 0.15) is 28.8 Å². The van der Waals surface area contributed by atoms with Crippen LogP contribution in [0.4, 0.5) is 8.78 Å². The van der Waals surface area contributed by atoms with Gasteiger partial charge in [-0.1, -0.05) is 11.6 Å². The van der Waals surface area contributed by atoms with E-state index in [0.717, 1.165) is 0 Å². The molecule has 0 fully saturated rings. The number of aryl methyl sites for hydroxylation is 1. The highest BCUT2D eigenvalue weighted by atomic mass is 35.5.